The van der Waals surface area contributed by atoms with E-state index in [9.17, 15) is 9.18 Å². The zero-order valence-corrected chi connectivity index (χ0v) is 12.5. The molecular formula is C13H20ClFN2O3. The average molecular weight is 307 g/mol. The van der Waals surface area contributed by atoms with Crippen molar-refractivity contribution in [3.8, 4) is 5.75 Å². The molecule has 7 heteroatoms. The SMILES string of the molecule is COc1ccc(C(C)NC(=O)C(CN)OC)cc1F.Cl. The summed E-state index contributed by atoms with van der Waals surface area (Å²) >= 11 is 0. The predicted molar refractivity (Wildman–Crippen MR) is 76.6 cm³/mol. The first-order valence-corrected chi connectivity index (χ1v) is 5.90. The van der Waals surface area contributed by atoms with E-state index in [-0.39, 0.29) is 36.7 Å². The smallest absolute Gasteiger partial charge is 0.250 e. The minimum atomic E-state index is -0.703. The molecule has 1 amide bonds. The fourth-order valence-electron chi connectivity index (χ4n) is 1.65. The second kappa shape index (κ2) is 8.73. The van der Waals surface area contributed by atoms with Crippen molar-refractivity contribution >= 4 is 18.3 Å². The number of ether oxygens (including phenoxy) is 2. The zero-order chi connectivity index (χ0) is 14.4. The van der Waals surface area contributed by atoms with Crippen LogP contribution < -0.4 is 15.8 Å². The van der Waals surface area contributed by atoms with Crippen LogP contribution in [0.1, 0.15) is 18.5 Å². The number of halogens is 2. The largest absolute Gasteiger partial charge is 0.494 e. The molecule has 0 aromatic heterocycles. The van der Waals surface area contributed by atoms with E-state index in [1.54, 1.807) is 13.0 Å². The highest BCUT2D eigenvalue weighted by molar-refractivity contribution is 5.85. The summed E-state index contributed by atoms with van der Waals surface area (Å²) in [7, 11) is 2.81. The molecule has 0 saturated heterocycles. The van der Waals surface area contributed by atoms with Crippen molar-refractivity contribution in [1.29, 1.82) is 0 Å². The lowest BCUT2D eigenvalue weighted by atomic mass is 10.1. The van der Waals surface area contributed by atoms with E-state index < -0.39 is 11.9 Å². The molecule has 0 aliphatic carbocycles. The Hall–Kier alpha value is -1.37. The lowest BCUT2D eigenvalue weighted by Crippen LogP contribution is -2.41. The molecule has 0 spiro atoms. The number of methoxy groups -OCH3 is 2. The standard InChI is InChI=1S/C13H19FN2O3.ClH/c1-8(16-13(17)12(7-15)19-3)9-4-5-11(18-2)10(14)6-9;/h4-6,8,12H,7,15H2,1-3H3,(H,16,17);1H. The molecule has 1 aromatic rings. The summed E-state index contributed by atoms with van der Waals surface area (Å²) in [5.74, 6) is -0.629. The van der Waals surface area contributed by atoms with Gasteiger partial charge in [-0.15, -0.1) is 12.4 Å². The molecule has 0 aliphatic heterocycles. The third-order valence-corrected chi connectivity index (χ3v) is 2.83. The van der Waals surface area contributed by atoms with Crippen LogP contribution in [0.25, 0.3) is 0 Å². The Morgan fingerprint density at radius 2 is 2.10 bits per heavy atom. The van der Waals surface area contributed by atoms with E-state index in [1.165, 1.54) is 26.4 Å². The van der Waals surface area contributed by atoms with Gasteiger partial charge >= 0.3 is 0 Å². The van der Waals surface area contributed by atoms with Gasteiger partial charge in [-0.25, -0.2) is 4.39 Å². The van der Waals surface area contributed by atoms with Crippen molar-refractivity contribution in [2.24, 2.45) is 5.73 Å². The van der Waals surface area contributed by atoms with Gasteiger partial charge in [0, 0.05) is 13.7 Å². The lowest BCUT2D eigenvalue weighted by Gasteiger charge is -2.19. The third kappa shape index (κ3) is 4.63. The maximum absolute atomic E-state index is 13.6. The van der Waals surface area contributed by atoms with Gasteiger partial charge in [-0.2, -0.15) is 0 Å². The molecule has 0 heterocycles. The van der Waals surface area contributed by atoms with Crippen molar-refractivity contribution in [2.45, 2.75) is 19.1 Å². The Labute approximate surface area is 124 Å². The van der Waals surface area contributed by atoms with Gasteiger partial charge < -0.3 is 20.5 Å². The second-order valence-electron chi connectivity index (χ2n) is 4.08. The van der Waals surface area contributed by atoms with Crippen LogP contribution >= 0.6 is 12.4 Å². The molecule has 114 valence electrons. The number of amides is 1. The third-order valence-electron chi connectivity index (χ3n) is 2.83. The number of hydrogen-bond donors (Lipinski definition) is 2. The van der Waals surface area contributed by atoms with Gasteiger partial charge in [0.05, 0.1) is 13.2 Å². The van der Waals surface area contributed by atoms with Crippen molar-refractivity contribution in [3.05, 3.63) is 29.6 Å². The highest BCUT2D eigenvalue weighted by Crippen LogP contribution is 2.21. The molecule has 1 rings (SSSR count). The molecule has 3 N–H and O–H groups in total. The monoisotopic (exact) mass is 306 g/mol. The Kier molecular flexibility index (Phi) is 8.13. The maximum Gasteiger partial charge on any atom is 0.250 e. The fourth-order valence-corrected chi connectivity index (χ4v) is 1.65. The number of benzene rings is 1. The molecule has 0 bridgehead atoms. The van der Waals surface area contributed by atoms with Crippen LogP contribution in [-0.4, -0.2) is 32.8 Å². The van der Waals surface area contributed by atoms with Gasteiger partial charge in [0.25, 0.3) is 5.91 Å². The summed E-state index contributed by atoms with van der Waals surface area (Å²) in [5.41, 5.74) is 6.04. The quantitative estimate of drug-likeness (QED) is 0.833. The average Bonchev–Trinajstić information content (AvgIpc) is 2.39. The first-order valence-electron chi connectivity index (χ1n) is 5.90. The molecule has 1 aromatic carbocycles. The zero-order valence-electron chi connectivity index (χ0n) is 11.7. The number of nitrogens with two attached hydrogens (primary N) is 1. The summed E-state index contributed by atoms with van der Waals surface area (Å²) in [6.07, 6.45) is -0.703. The Morgan fingerprint density at radius 1 is 1.45 bits per heavy atom. The summed E-state index contributed by atoms with van der Waals surface area (Å²) < 4.78 is 23.3. The molecule has 0 aliphatic rings. The number of carbonyl (C=O) groups is 1. The highest BCUT2D eigenvalue weighted by atomic mass is 35.5. The highest BCUT2D eigenvalue weighted by Gasteiger charge is 2.19. The van der Waals surface area contributed by atoms with Crippen molar-refractivity contribution < 1.29 is 18.7 Å². The van der Waals surface area contributed by atoms with Crippen molar-refractivity contribution in [3.63, 3.8) is 0 Å². The molecule has 0 fully saturated rings. The first kappa shape index (κ1) is 18.6. The van der Waals surface area contributed by atoms with Crippen molar-refractivity contribution in [2.75, 3.05) is 20.8 Å². The summed E-state index contributed by atoms with van der Waals surface area (Å²) in [4.78, 5) is 11.8. The van der Waals surface area contributed by atoms with Gasteiger partial charge in [-0.3, -0.25) is 4.79 Å². The minimum Gasteiger partial charge on any atom is -0.494 e. The Bertz CT molecular complexity index is 442. The van der Waals surface area contributed by atoms with Gasteiger partial charge in [0.2, 0.25) is 0 Å². The minimum absolute atomic E-state index is 0. The van der Waals surface area contributed by atoms with Gasteiger partial charge in [-0.05, 0) is 24.6 Å². The Balaban J connectivity index is 0.00000361. The van der Waals surface area contributed by atoms with Gasteiger partial charge in [0.15, 0.2) is 11.6 Å². The molecule has 5 nitrogen and oxygen atoms in total. The lowest BCUT2D eigenvalue weighted by molar-refractivity contribution is -0.131. The molecule has 2 atom stereocenters. The van der Waals surface area contributed by atoms with Gasteiger partial charge in [-0.1, -0.05) is 6.07 Å². The first-order chi connectivity index (χ1) is 9.03. The number of rotatable bonds is 6. The van der Waals surface area contributed by atoms with Crippen molar-refractivity contribution in [1.82, 2.24) is 5.32 Å². The van der Waals surface area contributed by atoms with Gasteiger partial charge in [0.1, 0.15) is 6.10 Å². The summed E-state index contributed by atoms with van der Waals surface area (Å²) in [6.45, 7) is 1.84. The van der Waals surface area contributed by atoms with Crippen LogP contribution in [0.5, 0.6) is 5.75 Å². The molecular weight excluding hydrogens is 287 g/mol. The second-order valence-corrected chi connectivity index (χ2v) is 4.08. The van der Waals surface area contributed by atoms with Crippen LogP contribution in [0.4, 0.5) is 4.39 Å². The van der Waals surface area contributed by atoms with Crippen LogP contribution in [0, 0.1) is 5.82 Å². The van der Waals surface area contributed by atoms with Crippen LogP contribution in [0.2, 0.25) is 0 Å². The predicted octanol–water partition coefficient (Wildman–Crippen LogP) is 1.41. The molecule has 2 unspecified atom stereocenters. The topological polar surface area (TPSA) is 73.6 Å². The van der Waals surface area contributed by atoms with E-state index in [0.717, 1.165) is 0 Å². The van der Waals surface area contributed by atoms with Crippen LogP contribution in [-0.2, 0) is 9.53 Å². The fraction of sp³-hybridized carbons (Fsp3) is 0.462. The van der Waals surface area contributed by atoms with E-state index >= 15 is 0 Å². The molecule has 20 heavy (non-hydrogen) atoms. The summed E-state index contributed by atoms with van der Waals surface area (Å²) in [6, 6.07) is 4.19. The van der Waals surface area contributed by atoms with E-state index in [4.69, 9.17) is 15.2 Å². The van der Waals surface area contributed by atoms with E-state index in [0.29, 0.717) is 5.56 Å². The number of hydrogen-bond acceptors (Lipinski definition) is 4. The van der Waals surface area contributed by atoms with E-state index in [2.05, 4.69) is 5.32 Å². The number of carbonyl (C=O) groups excluding carboxylic acids is 1. The number of nitrogens with one attached hydrogen (secondary N) is 1. The summed E-state index contributed by atoms with van der Waals surface area (Å²) in [5, 5.41) is 2.71. The van der Waals surface area contributed by atoms with Crippen LogP contribution in [0.15, 0.2) is 18.2 Å². The Morgan fingerprint density at radius 3 is 2.55 bits per heavy atom. The van der Waals surface area contributed by atoms with Crippen LogP contribution in [0.3, 0.4) is 0 Å². The molecule has 0 radical (unpaired) electrons. The maximum atomic E-state index is 13.6. The molecule has 0 saturated carbocycles. The van der Waals surface area contributed by atoms with E-state index in [1.807, 2.05) is 0 Å². The normalized spacial score (nSPS) is 13.1.